The first-order chi connectivity index (χ1) is 9.83. The molecule has 3 heteroatoms. The van der Waals surface area contributed by atoms with Crippen molar-refractivity contribution in [2.24, 2.45) is 5.92 Å². The number of nitrogens with zero attached hydrogens (tertiary/aromatic N) is 1. The summed E-state index contributed by atoms with van der Waals surface area (Å²) >= 11 is 6.01. The van der Waals surface area contributed by atoms with Gasteiger partial charge in [0.25, 0.3) is 0 Å². The van der Waals surface area contributed by atoms with E-state index in [9.17, 15) is 0 Å². The first-order valence-electron chi connectivity index (χ1n) is 7.61. The Morgan fingerprint density at radius 1 is 1.20 bits per heavy atom. The van der Waals surface area contributed by atoms with Crippen molar-refractivity contribution in [3.05, 3.63) is 35.5 Å². The number of anilines is 1. The molecule has 0 radical (unpaired) electrons. The lowest BCUT2D eigenvalue weighted by atomic mass is 10.0. The molecule has 106 valence electrons. The van der Waals surface area contributed by atoms with Gasteiger partial charge in [-0.1, -0.05) is 37.3 Å². The maximum atomic E-state index is 6.01. The molecule has 0 amide bonds. The maximum absolute atomic E-state index is 6.01. The summed E-state index contributed by atoms with van der Waals surface area (Å²) < 4.78 is 0. The van der Waals surface area contributed by atoms with E-state index < -0.39 is 0 Å². The molecular formula is C17H21ClN2. The minimum atomic E-state index is 0.739. The number of benzene rings is 1. The van der Waals surface area contributed by atoms with E-state index >= 15 is 0 Å². The lowest BCUT2D eigenvalue weighted by Gasteiger charge is -2.11. The molecule has 1 heterocycles. The molecule has 2 aromatic rings. The van der Waals surface area contributed by atoms with Crippen LogP contribution in [0.3, 0.4) is 0 Å². The summed E-state index contributed by atoms with van der Waals surface area (Å²) in [6, 6.07) is 7.94. The van der Waals surface area contributed by atoms with E-state index in [1.54, 1.807) is 0 Å². The molecule has 1 aliphatic carbocycles. The average Bonchev–Trinajstić information content (AvgIpc) is 2.96. The topological polar surface area (TPSA) is 24.9 Å². The van der Waals surface area contributed by atoms with Gasteiger partial charge in [-0.3, -0.25) is 4.98 Å². The average molecular weight is 289 g/mol. The minimum Gasteiger partial charge on any atom is -0.384 e. The number of halogens is 1. The van der Waals surface area contributed by atoms with Crippen LogP contribution >= 0.6 is 11.6 Å². The fourth-order valence-corrected chi connectivity index (χ4v) is 3.35. The fourth-order valence-electron chi connectivity index (χ4n) is 3.19. The highest BCUT2D eigenvalue weighted by molar-refractivity contribution is 6.31. The van der Waals surface area contributed by atoms with Gasteiger partial charge in [0.1, 0.15) is 0 Å². The summed E-state index contributed by atoms with van der Waals surface area (Å²) in [5.41, 5.74) is 2.12. The Morgan fingerprint density at radius 2 is 2.05 bits per heavy atom. The van der Waals surface area contributed by atoms with E-state index in [0.717, 1.165) is 34.1 Å². The highest BCUT2D eigenvalue weighted by atomic mass is 35.5. The van der Waals surface area contributed by atoms with E-state index in [0.29, 0.717) is 0 Å². The maximum Gasteiger partial charge on any atom is 0.0737 e. The summed E-state index contributed by atoms with van der Waals surface area (Å²) in [6.07, 6.45) is 10.2. The Morgan fingerprint density at radius 3 is 2.90 bits per heavy atom. The van der Waals surface area contributed by atoms with Crippen molar-refractivity contribution in [2.75, 3.05) is 11.9 Å². The van der Waals surface area contributed by atoms with Crippen LogP contribution in [0.2, 0.25) is 5.02 Å². The zero-order valence-electron chi connectivity index (χ0n) is 11.7. The predicted molar refractivity (Wildman–Crippen MR) is 86.4 cm³/mol. The van der Waals surface area contributed by atoms with Crippen molar-refractivity contribution in [1.82, 2.24) is 4.98 Å². The molecule has 1 N–H and O–H groups in total. The molecule has 3 rings (SSSR count). The van der Waals surface area contributed by atoms with Gasteiger partial charge in [-0.25, -0.2) is 0 Å². The molecule has 0 unspecified atom stereocenters. The van der Waals surface area contributed by atoms with Crippen LogP contribution in [-0.4, -0.2) is 11.5 Å². The van der Waals surface area contributed by atoms with Gasteiger partial charge in [-0.15, -0.1) is 0 Å². The third kappa shape index (κ3) is 3.24. The number of pyridine rings is 1. The Balaban J connectivity index is 1.59. The minimum absolute atomic E-state index is 0.739. The highest BCUT2D eigenvalue weighted by Crippen LogP contribution is 2.29. The Labute approximate surface area is 125 Å². The third-order valence-corrected chi connectivity index (χ3v) is 4.52. The first-order valence-corrected chi connectivity index (χ1v) is 7.99. The number of nitrogens with one attached hydrogen (secondary N) is 1. The molecule has 0 bridgehead atoms. The van der Waals surface area contributed by atoms with Crippen LogP contribution < -0.4 is 5.32 Å². The number of fused-ring (bicyclic) bond motifs is 1. The zero-order chi connectivity index (χ0) is 13.8. The molecule has 2 nitrogen and oxygen atoms in total. The van der Waals surface area contributed by atoms with Crippen LogP contribution in [0.4, 0.5) is 5.69 Å². The Bertz CT molecular complexity index is 576. The monoisotopic (exact) mass is 288 g/mol. The molecule has 1 aliphatic rings. The van der Waals surface area contributed by atoms with Gasteiger partial charge < -0.3 is 5.32 Å². The van der Waals surface area contributed by atoms with Crippen LogP contribution in [0.15, 0.2) is 30.5 Å². The lowest BCUT2D eigenvalue weighted by molar-refractivity contribution is 0.491. The van der Waals surface area contributed by atoms with Gasteiger partial charge in [0.05, 0.1) is 5.52 Å². The molecule has 0 spiro atoms. The fraction of sp³-hybridized carbons (Fsp3) is 0.471. The SMILES string of the molecule is Clc1ccc2c(NCCCC3CCCC3)ccnc2c1. The van der Waals surface area contributed by atoms with E-state index in [4.69, 9.17) is 11.6 Å². The van der Waals surface area contributed by atoms with Crippen LogP contribution in [0.5, 0.6) is 0 Å². The van der Waals surface area contributed by atoms with E-state index in [1.165, 1.54) is 38.5 Å². The summed E-state index contributed by atoms with van der Waals surface area (Å²) in [7, 11) is 0. The number of hydrogen-bond acceptors (Lipinski definition) is 2. The number of rotatable bonds is 5. The molecule has 1 aromatic heterocycles. The molecule has 1 saturated carbocycles. The molecule has 1 fully saturated rings. The van der Waals surface area contributed by atoms with Crippen LogP contribution in [-0.2, 0) is 0 Å². The largest absolute Gasteiger partial charge is 0.384 e. The second-order valence-corrected chi connectivity index (χ2v) is 6.18. The molecule has 0 atom stereocenters. The van der Waals surface area contributed by atoms with Crippen molar-refractivity contribution < 1.29 is 0 Å². The van der Waals surface area contributed by atoms with E-state index in [2.05, 4.69) is 10.3 Å². The van der Waals surface area contributed by atoms with Crippen LogP contribution in [0.25, 0.3) is 10.9 Å². The van der Waals surface area contributed by atoms with E-state index in [1.807, 2.05) is 30.5 Å². The summed E-state index contributed by atoms with van der Waals surface area (Å²) in [6.45, 7) is 1.04. The normalized spacial score (nSPS) is 15.8. The van der Waals surface area contributed by atoms with Crippen molar-refractivity contribution in [2.45, 2.75) is 38.5 Å². The van der Waals surface area contributed by atoms with E-state index in [-0.39, 0.29) is 0 Å². The summed E-state index contributed by atoms with van der Waals surface area (Å²) in [5.74, 6) is 0.977. The smallest absolute Gasteiger partial charge is 0.0737 e. The Kier molecular flexibility index (Phi) is 4.41. The molecule has 20 heavy (non-hydrogen) atoms. The van der Waals surface area contributed by atoms with Crippen LogP contribution in [0, 0.1) is 5.92 Å². The predicted octanol–water partition coefficient (Wildman–Crippen LogP) is 5.27. The summed E-state index contributed by atoms with van der Waals surface area (Å²) in [4.78, 5) is 4.37. The zero-order valence-corrected chi connectivity index (χ0v) is 12.5. The van der Waals surface area contributed by atoms with Crippen molar-refractivity contribution >= 4 is 28.2 Å². The van der Waals surface area contributed by atoms with Crippen molar-refractivity contribution in [3.63, 3.8) is 0 Å². The van der Waals surface area contributed by atoms with Gasteiger partial charge >= 0.3 is 0 Å². The second kappa shape index (κ2) is 6.45. The Hall–Kier alpha value is -1.28. The first kappa shape index (κ1) is 13.7. The van der Waals surface area contributed by atoms with Gasteiger partial charge in [-0.2, -0.15) is 0 Å². The quantitative estimate of drug-likeness (QED) is 0.758. The molecule has 0 aliphatic heterocycles. The lowest BCUT2D eigenvalue weighted by Crippen LogP contribution is -2.04. The third-order valence-electron chi connectivity index (χ3n) is 4.28. The number of aromatic nitrogens is 1. The molecule has 0 saturated heterocycles. The number of hydrogen-bond donors (Lipinski definition) is 1. The van der Waals surface area contributed by atoms with Crippen molar-refractivity contribution in [3.8, 4) is 0 Å². The van der Waals surface area contributed by atoms with Gasteiger partial charge in [0.15, 0.2) is 0 Å². The van der Waals surface area contributed by atoms with Crippen molar-refractivity contribution in [1.29, 1.82) is 0 Å². The standard InChI is InChI=1S/C17H21ClN2/c18-14-7-8-15-16(9-11-20-17(15)12-14)19-10-3-6-13-4-1-2-5-13/h7-9,11-13H,1-6,10H2,(H,19,20). The van der Waals surface area contributed by atoms with Gasteiger partial charge in [0.2, 0.25) is 0 Å². The van der Waals surface area contributed by atoms with Crippen LogP contribution in [0.1, 0.15) is 38.5 Å². The molecule has 1 aromatic carbocycles. The summed E-state index contributed by atoms with van der Waals surface area (Å²) in [5, 5.41) is 5.44. The van der Waals surface area contributed by atoms with Gasteiger partial charge in [0, 0.05) is 28.8 Å². The highest BCUT2D eigenvalue weighted by Gasteiger charge is 2.13. The second-order valence-electron chi connectivity index (χ2n) is 5.74. The molecular weight excluding hydrogens is 268 g/mol. The van der Waals surface area contributed by atoms with Gasteiger partial charge in [-0.05, 0) is 43.0 Å².